The minimum atomic E-state index is -0.217. The molecule has 2 heteroatoms. The SMILES string of the molecule is Cc1ccc(C2CNCC2CF)cc1. The zero-order valence-electron chi connectivity index (χ0n) is 8.46. The van der Waals surface area contributed by atoms with Crippen molar-refractivity contribution in [3.05, 3.63) is 35.4 Å². The lowest BCUT2D eigenvalue weighted by molar-refractivity contribution is 0.358. The molecule has 0 spiro atoms. The van der Waals surface area contributed by atoms with Crippen LogP contribution in [0.25, 0.3) is 0 Å². The number of benzene rings is 1. The van der Waals surface area contributed by atoms with Crippen molar-refractivity contribution < 1.29 is 4.39 Å². The molecule has 1 aromatic carbocycles. The summed E-state index contributed by atoms with van der Waals surface area (Å²) in [5.74, 6) is 0.526. The first-order chi connectivity index (χ1) is 6.81. The van der Waals surface area contributed by atoms with Crippen molar-refractivity contribution in [1.82, 2.24) is 5.32 Å². The quantitative estimate of drug-likeness (QED) is 0.759. The first-order valence-electron chi connectivity index (χ1n) is 5.14. The van der Waals surface area contributed by atoms with E-state index in [1.807, 2.05) is 0 Å². The predicted octanol–water partition coefficient (Wildman–Crippen LogP) is 2.27. The smallest absolute Gasteiger partial charge is 0.0941 e. The maximum absolute atomic E-state index is 12.7. The van der Waals surface area contributed by atoms with Gasteiger partial charge in [-0.15, -0.1) is 0 Å². The van der Waals surface area contributed by atoms with Crippen LogP contribution >= 0.6 is 0 Å². The van der Waals surface area contributed by atoms with Crippen molar-refractivity contribution in [3.63, 3.8) is 0 Å². The first-order valence-corrected chi connectivity index (χ1v) is 5.14. The van der Waals surface area contributed by atoms with E-state index >= 15 is 0 Å². The van der Waals surface area contributed by atoms with Gasteiger partial charge in [0.15, 0.2) is 0 Å². The summed E-state index contributed by atoms with van der Waals surface area (Å²) in [6.07, 6.45) is 0. The van der Waals surface area contributed by atoms with Crippen molar-refractivity contribution in [2.75, 3.05) is 19.8 Å². The minimum absolute atomic E-state index is 0.165. The fourth-order valence-corrected chi connectivity index (χ4v) is 2.10. The Kier molecular flexibility index (Phi) is 2.82. The van der Waals surface area contributed by atoms with Crippen LogP contribution in [0.1, 0.15) is 17.0 Å². The Morgan fingerprint density at radius 2 is 2.00 bits per heavy atom. The van der Waals surface area contributed by atoms with E-state index in [9.17, 15) is 4.39 Å². The third kappa shape index (κ3) is 1.80. The third-order valence-electron chi connectivity index (χ3n) is 3.04. The molecule has 2 unspecified atom stereocenters. The maximum Gasteiger partial charge on any atom is 0.0941 e. The van der Waals surface area contributed by atoms with Crippen LogP contribution in [0, 0.1) is 12.8 Å². The van der Waals surface area contributed by atoms with Crippen molar-refractivity contribution in [3.8, 4) is 0 Å². The minimum Gasteiger partial charge on any atom is -0.316 e. The van der Waals surface area contributed by atoms with E-state index in [1.54, 1.807) is 0 Å². The molecule has 1 saturated heterocycles. The molecule has 1 aliphatic rings. The Labute approximate surface area is 84.3 Å². The zero-order valence-corrected chi connectivity index (χ0v) is 8.46. The fraction of sp³-hybridized carbons (Fsp3) is 0.500. The standard InChI is InChI=1S/C12H16FN/c1-9-2-4-10(5-3-9)12-8-14-7-11(12)6-13/h2-5,11-12,14H,6-8H2,1H3. The van der Waals surface area contributed by atoms with Crippen molar-refractivity contribution >= 4 is 0 Å². The van der Waals surface area contributed by atoms with Crippen LogP contribution in [0.15, 0.2) is 24.3 Å². The molecule has 0 aromatic heterocycles. The van der Waals surface area contributed by atoms with Crippen LogP contribution in [-0.2, 0) is 0 Å². The summed E-state index contributed by atoms with van der Waals surface area (Å²) in [4.78, 5) is 0. The maximum atomic E-state index is 12.7. The number of halogens is 1. The van der Waals surface area contributed by atoms with Gasteiger partial charge in [-0.25, -0.2) is 0 Å². The molecule has 0 saturated carbocycles. The molecule has 1 aromatic rings. The van der Waals surface area contributed by atoms with Crippen molar-refractivity contribution in [2.24, 2.45) is 5.92 Å². The Bertz CT molecular complexity index is 294. The van der Waals surface area contributed by atoms with Gasteiger partial charge >= 0.3 is 0 Å². The summed E-state index contributed by atoms with van der Waals surface area (Å²) in [6, 6.07) is 8.44. The second kappa shape index (κ2) is 4.09. The van der Waals surface area contributed by atoms with Crippen molar-refractivity contribution in [2.45, 2.75) is 12.8 Å². The van der Waals surface area contributed by atoms with E-state index in [1.165, 1.54) is 11.1 Å². The van der Waals surface area contributed by atoms with E-state index in [0.717, 1.165) is 13.1 Å². The van der Waals surface area contributed by atoms with E-state index in [-0.39, 0.29) is 12.6 Å². The Balaban J connectivity index is 2.17. The van der Waals surface area contributed by atoms with Gasteiger partial charge in [0.1, 0.15) is 0 Å². The number of rotatable bonds is 2. The summed E-state index contributed by atoms with van der Waals surface area (Å²) < 4.78 is 12.7. The molecule has 1 fully saturated rings. The highest BCUT2D eigenvalue weighted by molar-refractivity contribution is 5.26. The number of hydrogen-bond acceptors (Lipinski definition) is 1. The Morgan fingerprint density at radius 3 is 2.64 bits per heavy atom. The monoisotopic (exact) mass is 193 g/mol. The molecule has 0 radical (unpaired) electrons. The fourth-order valence-electron chi connectivity index (χ4n) is 2.10. The lowest BCUT2D eigenvalue weighted by atomic mass is 9.89. The summed E-state index contributed by atoms with van der Waals surface area (Å²) in [7, 11) is 0. The first kappa shape index (κ1) is 9.66. The van der Waals surface area contributed by atoms with Crippen LogP contribution in [0.5, 0.6) is 0 Å². The van der Waals surface area contributed by atoms with Gasteiger partial charge in [0.05, 0.1) is 6.67 Å². The highest BCUT2D eigenvalue weighted by Crippen LogP contribution is 2.28. The lowest BCUT2D eigenvalue weighted by Crippen LogP contribution is -2.12. The van der Waals surface area contributed by atoms with Crippen molar-refractivity contribution in [1.29, 1.82) is 0 Å². The summed E-state index contributed by atoms with van der Waals surface area (Å²) in [5, 5.41) is 3.25. The second-order valence-electron chi connectivity index (χ2n) is 4.09. The van der Waals surface area contributed by atoms with Crippen LogP contribution in [0.2, 0.25) is 0 Å². The van der Waals surface area contributed by atoms with Crippen LogP contribution in [-0.4, -0.2) is 19.8 Å². The number of nitrogens with one attached hydrogen (secondary N) is 1. The molecule has 1 nitrogen and oxygen atoms in total. The molecular formula is C12H16FN. The molecule has 0 aliphatic carbocycles. The lowest BCUT2D eigenvalue weighted by Gasteiger charge is -2.15. The summed E-state index contributed by atoms with van der Waals surface area (Å²) >= 11 is 0. The number of alkyl halides is 1. The van der Waals surface area contributed by atoms with Gasteiger partial charge in [-0.05, 0) is 12.5 Å². The Morgan fingerprint density at radius 1 is 1.29 bits per heavy atom. The van der Waals surface area contributed by atoms with Gasteiger partial charge in [0.25, 0.3) is 0 Å². The Hall–Kier alpha value is -0.890. The molecule has 1 aliphatic heterocycles. The van der Waals surface area contributed by atoms with Crippen LogP contribution in [0.3, 0.4) is 0 Å². The van der Waals surface area contributed by atoms with E-state index in [4.69, 9.17) is 0 Å². The topological polar surface area (TPSA) is 12.0 Å². The molecule has 2 atom stereocenters. The number of aryl methyl sites for hydroxylation is 1. The largest absolute Gasteiger partial charge is 0.316 e. The second-order valence-corrected chi connectivity index (χ2v) is 4.09. The summed E-state index contributed by atoms with van der Waals surface area (Å²) in [5.41, 5.74) is 2.53. The average Bonchev–Trinajstić information content (AvgIpc) is 2.67. The molecule has 14 heavy (non-hydrogen) atoms. The van der Waals surface area contributed by atoms with Crippen LogP contribution in [0.4, 0.5) is 4.39 Å². The summed E-state index contributed by atoms with van der Waals surface area (Å²) in [6.45, 7) is 3.58. The van der Waals surface area contributed by atoms with Crippen LogP contribution < -0.4 is 5.32 Å². The van der Waals surface area contributed by atoms with Gasteiger partial charge in [-0.2, -0.15) is 0 Å². The number of hydrogen-bond donors (Lipinski definition) is 1. The van der Waals surface area contributed by atoms with Gasteiger partial charge < -0.3 is 5.32 Å². The zero-order chi connectivity index (χ0) is 9.97. The highest BCUT2D eigenvalue weighted by Gasteiger charge is 2.27. The normalized spacial score (nSPS) is 26.7. The molecular weight excluding hydrogens is 177 g/mol. The predicted molar refractivity (Wildman–Crippen MR) is 56.3 cm³/mol. The van der Waals surface area contributed by atoms with E-state index in [2.05, 4.69) is 36.5 Å². The van der Waals surface area contributed by atoms with Gasteiger partial charge in [0, 0.05) is 24.9 Å². The van der Waals surface area contributed by atoms with E-state index in [0.29, 0.717) is 5.92 Å². The molecule has 76 valence electrons. The van der Waals surface area contributed by atoms with E-state index < -0.39 is 0 Å². The third-order valence-corrected chi connectivity index (χ3v) is 3.04. The average molecular weight is 193 g/mol. The molecule has 1 heterocycles. The molecule has 2 rings (SSSR count). The molecule has 0 amide bonds. The molecule has 0 bridgehead atoms. The van der Waals surface area contributed by atoms with Gasteiger partial charge in [-0.3, -0.25) is 4.39 Å². The van der Waals surface area contributed by atoms with Gasteiger partial charge in [-0.1, -0.05) is 29.8 Å². The molecule has 1 N–H and O–H groups in total. The highest BCUT2D eigenvalue weighted by atomic mass is 19.1. The van der Waals surface area contributed by atoms with Gasteiger partial charge in [0.2, 0.25) is 0 Å².